The number of carbonyl (C=O) groups is 4. The molecule has 1 aliphatic rings. The maximum atomic E-state index is 12.5. The monoisotopic (exact) mass is 357 g/mol. The molecule has 2 unspecified atom stereocenters. The number of carbonyl (C=O) groups excluding carboxylic acids is 4. The molecule has 1 heterocycles. The highest BCUT2D eigenvalue weighted by Crippen LogP contribution is 2.09. The minimum absolute atomic E-state index is 0.102. The molecule has 142 valence electrons. The van der Waals surface area contributed by atoms with Gasteiger partial charge in [-0.2, -0.15) is 0 Å². The third-order valence-electron chi connectivity index (χ3n) is 3.29. The molecule has 0 spiro atoms. The Kier molecular flexibility index (Phi) is 7.35. The third kappa shape index (κ3) is 7.08. The van der Waals surface area contributed by atoms with Crippen LogP contribution in [0.25, 0.3) is 0 Å². The second-order valence-corrected chi connectivity index (χ2v) is 7.12. The van der Waals surface area contributed by atoms with Crippen LogP contribution in [0.5, 0.6) is 0 Å². The molecule has 2 atom stereocenters. The summed E-state index contributed by atoms with van der Waals surface area (Å²) in [5.74, 6) is -2.40. The van der Waals surface area contributed by atoms with Crippen LogP contribution in [-0.4, -0.2) is 61.1 Å². The average molecular weight is 357 g/mol. The summed E-state index contributed by atoms with van der Waals surface area (Å²) in [4.78, 5) is 48.1. The topological polar surface area (TPSA) is 123 Å². The van der Waals surface area contributed by atoms with E-state index in [-0.39, 0.29) is 25.7 Å². The summed E-state index contributed by atoms with van der Waals surface area (Å²) in [7, 11) is 0. The Morgan fingerprint density at radius 2 is 1.92 bits per heavy atom. The van der Waals surface area contributed by atoms with Crippen molar-refractivity contribution >= 4 is 23.7 Å². The average Bonchev–Trinajstić information content (AvgIpc) is 2.46. The Hall–Kier alpha value is -2.16. The van der Waals surface area contributed by atoms with Gasteiger partial charge in [-0.05, 0) is 26.7 Å². The summed E-state index contributed by atoms with van der Waals surface area (Å²) < 4.78 is 10.4. The minimum atomic E-state index is -1.10. The molecule has 1 fully saturated rings. The predicted molar refractivity (Wildman–Crippen MR) is 88.8 cm³/mol. The van der Waals surface area contributed by atoms with Crippen LogP contribution < -0.4 is 16.0 Å². The molecule has 3 amide bonds. The number of ketones is 1. The molecule has 3 N–H and O–H groups in total. The van der Waals surface area contributed by atoms with Gasteiger partial charge in [0.25, 0.3) is 5.91 Å². The minimum Gasteiger partial charge on any atom is -0.444 e. The molecule has 0 aromatic heterocycles. The van der Waals surface area contributed by atoms with E-state index in [4.69, 9.17) is 9.47 Å². The van der Waals surface area contributed by atoms with E-state index in [0.717, 1.165) is 0 Å². The van der Waals surface area contributed by atoms with Crippen molar-refractivity contribution in [2.45, 2.75) is 52.3 Å². The van der Waals surface area contributed by atoms with Crippen LogP contribution in [0.15, 0.2) is 0 Å². The molecule has 1 saturated heterocycles. The van der Waals surface area contributed by atoms with Crippen molar-refractivity contribution in [2.75, 3.05) is 19.8 Å². The maximum Gasteiger partial charge on any atom is 0.408 e. The summed E-state index contributed by atoms with van der Waals surface area (Å²) in [6.45, 7) is 8.99. The van der Waals surface area contributed by atoms with Crippen LogP contribution in [-0.2, 0) is 23.9 Å². The highest BCUT2D eigenvalue weighted by atomic mass is 16.6. The Morgan fingerprint density at radius 1 is 1.28 bits per heavy atom. The Balaban J connectivity index is 2.76. The number of rotatable bonds is 4. The van der Waals surface area contributed by atoms with Crippen LogP contribution in [0.3, 0.4) is 0 Å². The molecule has 0 aromatic rings. The van der Waals surface area contributed by atoms with Crippen molar-refractivity contribution < 1.29 is 28.7 Å². The lowest BCUT2D eigenvalue weighted by Crippen LogP contribution is -2.58. The van der Waals surface area contributed by atoms with Gasteiger partial charge in [0.2, 0.25) is 11.7 Å². The second-order valence-electron chi connectivity index (χ2n) is 7.12. The summed E-state index contributed by atoms with van der Waals surface area (Å²) >= 11 is 0. The molecule has 25 heavy (non-hydrogen) atoms. The van der Waals surface area contributed by atoms with Crippen molar-refractivity contribution in [2.24, 2.45) is 5.92 Å². The van der Waals surface area contributed by atoms with Gasteiger partial charge < -0.3 is 25.4 Å². The van der Waals surface area contributed by atoms with Crippen molar-refractivity contribution in [1.29, 1.82) is 0 Å². The standard InChI is InChI=1S/C16H27N3O6/c1-9(2)11(19-15(23)25-16(3,4)5)13(21)18-10-8-24-7-6-17-14(22)12(10)20/h9-11H,6-8H2,1-5H3,(H,17,22)(H,18,21)(H,19,23). The van der Waals surface area contributed by atoms with Gasteiger partial charge in [-0.25, -0.2) is 4.79 Å². The largest absolute Gasteiger partial charge is 0.444 e. The van der Waals surface area contributed by atoms with Crippen LogP contribution in [0.4, 0.5) is 4.79 Å². The van der Waals surface area contributed by atoms with E-state index in [1.807, 2.05) is 0 Å². The van der Waals surface area contributed by atoms with Crippen LogP contribution >= 0.6 is 0 Å². The number of ether oxygens (including phenoxy) is 2. The van der Waals surface area contributed by atoms with E-state index in [0.29, 0.717) is 0 Å². The quantitative estimate of drug-likeness (QED) is 0.596. The third-order valence-corrected chi connectivity index (χ3v) is 3.29. The van der Waals surface area contributed by atoms with Gasteiger partial charge in [-0.3, -0.25) is 14.4 Å². The first-order valence-electron chi connectivity index (χ1n) is 8.21. The lowest BCUT2D eigenvalue weighted by Gasteiger charge is -2.27. The number of hydrogen-bond donors (Lipinski definition) is 3. The Bertz CT molecular complexity index is 526. The van der Waals surface area contributed by atoms with Gasteiger partial charge in [0, 0.05) is 6.54 Å². The lowest BCUT2D eigenvalue weighted by atomic mass is 10.0. The summed E-state index contributed by atoms with van der Waals surface area (Å²) in [5, 5.41) is 7.36. The van der Waals surface area contributed by atoms with Crippen molar-refractivity contribution in [3.63, 3.8) is 0 Å². The van der Waals surface area contributed by atoms with E-state index < -0.39 is 41.4 Å². The van der Waals surface area contributed by atoms with E-state index >= 15 is 0 Å². The van der Waals surface area contributed by atoms with Gasteiger partial charge >= 0.3 is 6.09 Å². The zero-order valence-corrected chi connectivity index (χ0v) is 15.3. The normalized spacial score (nSPS) is 20.2. The smallest absolute Gasteiger partial charge is 0.408 e. The molecule has 0 radical (unpaired) electrons. The van der Waals surface area contributed by atoms with E-state index in [9.17, 15) is 19.2 Å². The molecule has 0 aromatic carbocycles. The molecule has 9 nitrogen and oxygen atoms in total. The molecule has 0 saturated carbocycles. The summed E-state index contributed by atoms with van der Waals surface area (Å²) in [5.41, 5.74) is -0.705. The molecular weight excluding hydrogens is 330 g/mol. The molecule has 0 aliphatic carbocycles. The molecule has 1 aliphatic heterocycles. The number of nitrogens with one attached hydrogen (secondary N) is 3. The molecule has 1 rings (SSSR count). The summed E-state index contributed by atoms with van der Waals surface area (Å²) in [6.07, 6.45) is -0.737. The number of alkyl carbamates (subject to hydrolysis) is 1. The maximum absolute atomic E-state index is 12.5. The first kappa shape index (κ1) is 20.9. The van der Waals surface area contributed by atoms with Crippen molar-refractivity contribution in [1.82, 2.24) is 16.0 Å². The fourth-order valence-corrected chi connectivity index (χ4v) is 2.10. The summed E-state index contributed by atoms with van der Waals surface area (Å²) in [6, 6.07) is -2.02. The van der Waals surface area contributed by atoms with Crippen molar-refractivity contribution in [3.8, 4) is 0 Å². The zero-order valence-electron chi connectivity index (χ0n) is 15.3. The number of hydrogen-bond acceptors (Lipinski definition) is 6. The van der Waals surface area contributed by atoms with E-state index in [1.54, 1.807) is 34.6 Å². The predicted octanol–water partition coefficient (Wildman–Crippen LogP) is -0.264. The highest BCUT2D eigenvalue weighted by Gasteiger charge is 2.33. The van der Waals surface area contributed by atoms with Crippen LogP contribution in [0, 0.1) is 5.92 Å². The molecular formula is C16H27N3O6. The van der Waals surface area contributed by atoms with Gasteiger partial charge in [-0.1, -0.05) is 13.8 Å². The van der Waals surface area contributed by atoms with Gasteiger partial charge in [0.1, 0.15) is 17.7 Å². The lowest BCUT2D eigenvalue weighted by molar-refractivity contribution is -0.142. The van der Waals surface area contributed by atoms with Gasteiger partial charge in [-0.15, -0.1) is 0 Å². The zero-order chi connectivity index (χ0) is 19.2. The molecule has 9 heteroatoms. The van der Waals surface area contributed by atoms with Gasteiger partial charge in [0.05, 0.1) is 13.2 Å². The SMILES string of the molecule is CC(C)C(NC(=O)OC(C)(C)C)C(=O)NC1COCCNC(=O)C1=O. The van der Waals surface area contributed by atoms with E-state index in [2.05, 4.69) is 16.0 Å². The molecule has 0 bridgehead atoms. The van der Waals surface area contributed by atoms with E-state index in [1.165, 1.54) is 0 Å². The highest BCUT2D eigenvalue weighted by molar-refractivity contribution is 6.38. The van der Waals surface area contributed by atoms with Gasteiger partial charge in [0.15, 0.2) is 0 Å². The van der Waals surface area contributed by atoms with Crippen LogP contribution in [0.1, 0.15) is 34.6 Å². The first-order valence-corrected chi connectivity index (χ1v) is 8.21. The number of amides is 3. The van der Waals surface area contributed by atoms with Crippen molar-refractivity contribution in [3.05, 3.63) is 0 Å². The fraction of sp³-hybridized carbons (Fsp3) is 0.750. The first-order chi connectivity index (χ1) is 11.5. The Labute approximate surface area is 147 Å². The second kappa shape index (κ2) is 8.80. The fourth-order valence-electron chi connectivity index (χ4n) is 2.10. The van der Waals surface area contributed by atoms with Crippen LogP contribution in [0.2, 0.25) is 0 Å². The number of Topliss-reactive ketones (excluding diaryl/α,β-unsaturated/α-hetero) is 1. The Morgan fingerprint density at radius 3 is 2.48 bits per heavy atom.